The lowest BCUT2D eigenvalue weighted by atomic mass is 10.00. The maximum Gasteiger partial charge on any atom is 0.251 e. The van der Waals surface area contributed by atoms with Gasteiger partial charge < -0.3 is 15.2 Å². The van der Waals surface area contributed by atoms with Crippen LogP contribution in [0.3, 0.4) is 0 Å². The Kier molecular flexibility index (Phi) is 10.5. The summed E-state index contributed by atoms with van der Waals surface area (Å²) >= 11 is 0. The number of benzene rings is 3. The molecular weight excluding hydrogens is 552 g/mol. The van der Waals surface area contributed by atoms with Crippen LogP contribution >= 0.6 is 0 Å². The average Bonchev–Trinajstić information content (AvgIpc) is 2.92. The first-order valence-electron chi connectivity index (χ1n) is 12.8. The molecule has 0 spiro atoms. The normalized spacial score (nSPS) is 13.7. The van der Waals surface area contributed by atoms with E-state index in [0.29, 0.717) is 5.75 Å². The van der Waals surface area contributed by atoms with Crippen LogP contribution in [0.1, 0.15) is 29.8 Å². The number of ether oxygens (including phenoxy) is 1. The van der Waals surface area contributed by atoms with E-state index in [2.05, 4.69) is 5.32 Å². The van der Waals surface area contributed by atoms with Crippen molar-refractivity contribution in [1.29, 1.82) is 0 Å². The fourth-order valence-corrected chi connectivity index (χ4v) is 6.47. The maximum absolute atomic E-state index is 13.6. The Morgan fingerprint density at radius 3 is 2.12 bits per heavy atom. The van der Waals surface area contributed by atoms with Gasteiger partial charge in [-0.15, -0.1) is 0 Å². The molecule has 3 aromatic rings. The molecule has 0 saturated heterocycles. The molecule has 2 N–H and O–H groups in total. The molecule has 0 aromatic heterocycles. The molecular formula is C29H36N2O7S2. The third kappa shape index (κ3) is 8.37. The molecule has 1 amide bonds. The number of carbonyl (C=O) groups is 1. The second-order valence-electron chi connectivity index (χ2n) is 10.0. The van der Waals surface area contributed by atoms with Gasteiger partial charge in [-0.2, -0.15) is 4.31 Å². The molecule has 11 heteroatoms. The molecule has 0 aliphatic carbocycles. The molecule has 0 radical (unpaired) electrons. The van der Waals surface area contributed by atoms with Crippen LogP contribution in [0.4, 0.5) is 0 Å². The third-order valence-electron chi connectivity index (χ3n) is 6.26. The summed E-state index contributed by atoms with van der Waals surface area (Å²) in [4.78, 5) is 13.3. The summed E-state index contributed by atoms with van der Waals surface area (Å²) < 4.78 is 57.5. The van der Waals surface area contributed by atoms with Crippen LogP contribution in [0, 0.1) is 5.92 Å². The molecule has 3 rings (SSSR count). The molecule has 0 aliphatic rings. The Morgan fingerprint density at radius 2 is 1.55 bits per heavy atom. The first-order chi connectivity index (χ1) is 18.8. The van der Waals surface area contributed by atoms with Crippen LogP contribution in [0.5, 0.6) is 5.75 Å². The zero-order chi connectivity index (χ0) is 29.5. The van der Waals surface area contributed by atoms with E-state index in [-0.39, 0.29) is 40.8 Å². The van der Waals surface area contributed by atoms with Crippen molar-refractivity contribution in [3.05, 3.63) is 90.0 Å². The van der Waals surface area contributed by atoms with Crippen molar-refractivity contribution in [2.75, 3.05) is 26.5 Å². The highest BCUT2D eigenvalue weighted by atomic mass is 32.2. The number of nitrogens with zero attached hydrogens (tertiary/aromatic N) is 1. The van der Waals surface area contributed by atoms with Crippen LogP contribution in [-0.2, 0) is 26.3 Å². The van der Waals surface area contributed by atoms with Gasteiger partial charge in [0.25, 0.3) is 5.91 Å². The van der Waals surface area contributed by atoms with Crippen molar-refractivity contribution < 1.29 is 31.5 Å². The van der Waals surface area contributed by atoms with E-state index in [9.17, 15) is 26.7 Å². The van der Waals surface area contributed by atoms with Crippen molar-refractivity contribution in [2.24, 2.45) is 5.92 Å². The minimum atomic E-state index is -3.99. The number of methoxy groups -OCH3 is 1. The quantitative estimate of drug-likeness (QED) is 0.314. The predicted octanol–water partition coefficient (Wildman–Crippen LogP) is 3.15. The SMILES string of the molecule is COc1ccc(S(=O)(=O)N(CC(C)C)C[C@@H](O)[C@H](Cc2ccccc2)NC(=O)c2cccc(S(C)(=O)=O)c2)cc1. The molecule has 2 atom stereocenters. The van der Waals surface area contributed by atoms with Gasteiger partial charge in [0.2, 0.25) is 10.0 Å². The summed E-state index contributed by atoms with van der Waals surface area (Å²) in [5, 5.41) is 14.2. The molecule has 0 unspecified atom stereocenters. The minimum Gasteiger partial charge on any atom is -0.497 e. The van der Waals surface area contributed by atoms with Gasteiger partial charge in [-0.3, -0.25) is 4.79 Å². The highest BCUT2D eigenvalue weighted by Gasteiger charge is 2.31. The molecule has 40 heavy (non-hydrogen) atoms. The maximum atomic E-state index is 13.6. The summed E-state index contributed by atoms with van der Waals surface area (Å²) in [5.41, 5.74) is 0.934. The Hall–Kier alpha value is -3.25. The van der Waals surface area contributed by atoms with Gasteiger partial charge in [-0.05, 0) is 60.4 Å². The first-order valence-corrected chi connectivity index (χ1v) is 16.1. The van der Waals surface area contributed by atoms with E-state index in [1.54, 1.807) is 12.1 Å². The number of nitrogens with one attached hydrogen (secondary N) is 1. The molecule has 0 fully saturated rings. The van der Waals surface area contributed by atoms with Crippen LogP contribution in [0.25, 0.3) is 0 Å². The van der Waals surface area contributed by atoms with Crippen LogP contribution < -0.4 is 10.1 Å². The number of sulfone groups is 1. The zero-order valence-corrected chi connectivity index (χ0v) is 24.7. The van der Waals surface area contributed by atoms with Crippen molar-refractivity contribution >= 4 is 25.8 Å². The topological polar surface area (TPSA) is 130 Å². The summed E-state index contributed by atoms with van der Waals surface area (Å²) in [5.74, 6) is -0.111. The Balaban J connectivity index is 1.91. The lowest BCUT2D eigenvalue weighted by Crippen LogP contribution is -2.51. The zero-order valence-electron chi connectivity index (χ0n) is 23.0. The number of carbonyl (C=O) groups excluding carboxylic acids is 1. The van der Waals surface area contributed by atoms with E-state index in [0.717, 1.165) is 11.8 Å². The average molecular weight is 589 g/mol. The number of hydrogen-bond acceptors (Lipinski definition) is 7. The molecule has 0 heterocycles. The van der Waals surface area contributed by atoms with Crippen molar-refractivity contribution in [1.82, 2.24) is 9.62 Å². The number of rotatable bonds is 13. The third-order valence-corrected chi connectivity index (χ3v) is 9.22. The van der Waals surface area contributed by atoms with Gasteiger partial charge >= 0.3 is 0 Å². The molecule has 216 valence electrons. The van der Waals surface area contributed by atoms with Crippen LogP contribution in [0.15, 0.2) is 88.7 Å². The molecule has 0 saturated carbocycles. The van der Waals surface area contributed by atoms with Crippen molar-refractivity contribution in [2.45, 2.75) is 42.2 Å². The van der Waals surface area contributed by atoms with Gasteiger partial charge in [0.15, 0.2) is 9.84 Å². The molecule has 0 bridgehead atoms. The predicted molar refractivity (Wildman–Crippen MR) is 154 cm³/mol. The fraction of sp³-hybridized carbons (Fsp3) is 0.345. The van der Waals surface area contributed by atoms with E-state index in [1.165, 1.54) is 47.8 Å². The lowest BCUT2D eigenvalue weighted by Gasteiger charge is -2.31. The Bertz CT molecular complexity index is 1490. The fourth-order valence-electron chi connectivity index (χ4n) is 4.18. The summed E-state index contributed by atoms with van der Waals surface area (Å²) in [6.07, 6.45) is -0.00935. The van der Waals surface area contributed by atoms with Gasteiger partial charge in [-0.25, -0.2) is 16.8 Å². The van der Waals surface area contributed by atoms with Crippen LogP contribution in [-0.4, -0.2) is 70.8 Å². The minimum absolute atomic E-state index is 0.00555. The second-order valence-corrected chi connectivity index (χ2v) is 14.0. The standard InChI is InChI=1S/C29H36N2O7S2/c1-21(2)19-31(40(36,37)25-15-13-24(38-3)14-16-25)20-28(32)27(17-22-9-6-5-7-10-22)30-29(33)23-11-8-12-26(18-23)39(4,34)35/h5-16,18,21,27-28,32H,17,19-20H2,1-4H3,(H,30,33)/t27-,28+/m0/s1. The second kappa shape index (κ2) is 13.4. The Labute approximate surface area is 236 Å². The van der Waals surface area contributed by atoms with Crippen molar-refractivity contribution in [3.8, 4) is 5.75 Å². The van der Waals surface area contributed by atoms with Gasteiger partial charge in [0.05, 0.1) is 29.0 Å². The van der Waals surface area contributed by atoms with E-state index >= 15 is 0 Å². The monoisotopic (exact) mass is 588 g/mol. The smallest absolute Gasteiger partial charge is 0.251 e. The first kappa shape index (κ1) is 31.3. The van der Waals surface area contributed by atoms with E-state index in [1.807, 2.05) is 44.2 Å². The number of hydrogen-bond donors (Lipinski definition) is 2. The highest BCUT2D eigenvalue weighted by molar-refractivity contribution is 7.90. The largest absolute Gasteiger partial charge is 0.497 e. The summed E-state index contributed by atoms with van der Waals surface area (Å²) in [6.45, 7) is 3.63. The van der Waals surface area contributed by atoms with Gasteiger partial charge in [0, 0.05) is 24.9 Å². The summed E-state index contributed by atoms with van der Waals surface area (Å²) in [7, 11) is -6.03. The van der Waals surface area contributed by atoms with E-state index < -0.39 is 37.9 Å². The number of aliphatic hydroxyl groups is 1. The summed E-state index contributed by atoms with van der Waals surface area (Å²) in [6, 6.07) is 19.9. The number of amides is 1. The Morgan fingerprint density at radius 1 is 0.900 bits per heavy atom. The van der Waals surface area contributed by atoms with Crippen LogP contribution in [0.2, 0.25) is 0 Å². The molecule has 3 aromatic carbocycles. The molecule has 0 aliphatic heterocycles. The number of sulfonamides is 1. The lowest BCUT2D eigenvalue weighted by molar-refractivity contribution is 0.0775. The van der Waals surface area contributed by atoms with E-state index in [4.69, 9.17) is 4.74 Å². The molecule has 9 nitrogen and oxygen atoms in total. The van der Waals surface area contributed by atoms with Gasteiger partial charge in [0.1, 0.15) is 5.75 Å². The van der Waals surface area contributed by atoms with Gasteiger partial charge in [-0.1, -0.05) is 50.2 Å². The number of aliphatic hydroxyl groups excluding tert-OH is 1. The highest BCUT2D eigenvalue weighted by Crippen LogP contribution is 2.22. The van der Waals surface area contributed by atoms with Crippen molar-refractivity contribution in [3.63, 3.8) is 0 Å².